The highest BCUT2D eigenvalue weighted by atomic mass is 35.5. The lowest BCUT2D eigenvalue weighted by atomic mass is 10.1. The number of rotatable bonds is 3. The van der Waals surface area contributed by atoms with E-state index in [4.69, 9.17) is 11.6 Å². The molecule has 0 unspecified atom stereocenters. The number of amides is 2. The molecule has 122 valence electrons. The van der Waals surface area contributed by atoms with Crippen LogP contribution >= 0.6 is 23.4 Å². The second kappa shape index (κ2) is 6.79. The van der Waals surface area contributed by atoms with E-state index in [0.717, 1.165) is 27.8 Å². The summed E-state index contributed by atoms with van der Waals surface area (Å²) in [5.74, 6) is -0.975. The van der Waals surface area contributed by atoms with E-state index in [9.17, 15) is 14.0 Å². The van der Waals surface area contributed by atoms with Crippen LogP contribution in [0.15, 0.2) is 47.4 Å². The van der Waals surface area contributed by atoms with E-state index < -0.39 is 17.0 Å². The van der Waals surface area contributed by atoms with Gasteiger partial charge in [0.1, 0.15) is 5.82 Å². The molecule has 1 saturated heterocycles. The van der Waals surface area contributed by atoms with Crippen molar-refractivity contribution in [1.29, 1.82) is 0 Å². The number of aryl methyl sites for hydroxylation is 1. The lowest BCUT2D eigenvalue weighted by Crippen LogP contribution is -2.28. The third-order valence-electron chi connectivity index (χ3n) is 3.73. The normalized spacial score (nSPS) is 16.3. The van der Waals surface area contributed by atoms with Gasteiger partial charge in [-0.25, -0.2) is 4.39 Å². The van der Waals surface area contributed by atoms with Gasteiger partial charge in [-0.15, -0.1) is 0 Å². The second-order valence-electron chi connectivity index (χ2n) is 5.32. The number of carbonyl (C=O) groups excluding carboxylic acids is 2. The Hall–Kier alpha value is -2.11. The molecular weight excluding hydrogens is 349 g/mol. The summed E-state index contributed by atoms with van der Waals surface area (Å²) in [6, 6.07) is 11.8. The SMILES string of the molecule is Cc1ccccc1/C=C1/SC(=O)N(Cc2c(F)cccc2Cl)C1=O. The second-order valence-corrected chi connectivity index (χ2v) is 6.73. The Bertz CT molecular complexity index is 846. The maximum Gasteiger partial charge on any atom is 0.293 e. The number of benzene rings is 2. The molecule has 2 aromatic rings. The summed E-state index contributed by atoms with van der Waals surface area (Å²) in [6.07, 6.45) is 1.68. The van der Waals surface area contributed by atoms with Crippen LogP contribution in [0.25, 0.3) is 6.08 Å². The molecule has 0 saturated carbocycles. The van der Waals surface area contributed by atoms with Crippen molar-refractivity contribution in [1.82, 2.24) is 4.90 Å². The van der Waals surface area contributed by atoms with Crippen LogP contribution in [0.2, 0.25) is 5.02 Å². The molecule has 1 fully saturated rings. The van der Waals surface area contributed by atoms with Crippen LogP contribution < -0.4 is 0 Å². The summed E-state index contributed by atoms with van der Waals surface area (Å²) in [6.45, 7) is 1.75. The van der Waals surface area contributed by atoms with Gasteiger partial charge in [-0.3, -0.25) is 14.5 Å². The Balaban J connectivity index is 1.89. The van der Waals surface area contributed by atoms with Crippen LogP contribution in [-0.2, 0) is 11.3 Å². The average molecular weight is 362 g/mol. The van der Waals surface area contributed by atoms with Crippen LogP contribution in [0.5, 0.6) is 0 Å². The quantitative estimate of drug-likeness (QED) is 0.720. The first kappa shape index (κ1) is 16.7. The number of hydrogen-bond donors (Lipinski definition) is 0. The van der Waals surface area contributed by atoms with Crippen molar-refractivity contribution >= 4 is 40.6 Å². The standard InChI is InChI=1S/C18H13ClFNO2S/c1-11-5-2-3-6-12(11)9-16-17(22)21(18(23)24-16)10-13-14(19)7-4-8-15(13)20/h2-9H,10H2,1H3/b16-9+. The van der Waals surface area contributed by atoms with Gasteiger partial charge < -0.3 is 0 Å². The van der Waals surface area contributed by atoms with Crippen LogP contribution in [0.4, 0.5) is 9.18 Å². The molecule has 1 heterocycles. The minimum Gasteiger partial charge on any atom is -0.268 e. The molecule has 1 aliphatic rings. The molecule has 0 radical (unpaired) electrons. The molecule has 0 atom stereocenters. The van der Waals surface area contributed by atoms with Crippen molar-refractivity contribution in [2.45, 2.75) is 13.5 Å². The van der Waals surface area contributed by atoms with Crippen molar-refractivity contribution in [3.63, 3.8) is 0 Å². The number of imide groups is 1. The number of nitrogens with zero attached hydrogens (tertiary/aromatic N) is 1. The maximum atomic E-state index is 13.9. The molecule has 2 amide bonds. The van der Waals surface area contributed by atoms with Gasteiger partial charge in [-0.1, -0.05) is 41.9 Å². The minimum atomic E-state index is -0.538. The van der Waals surface area contributed by atoms with Crippen molar-refractivity contribution < 1.29 is 14.0 Å². The van der Waals surface area contributed by atoms with Gasteiger partial charge >= 0.3 is 0 Å². The Labute approximate surface area is 148 Å². The molecular formula is C18H13ClFNO2S. The smallest absolute Gasteiger partial charge is 0.268 e. The fraction of sp³-hybridized carbons (Fsp3) is 0.111. The molecule has 0 spiro atoms. The van der Waals surface area contributed by atoms with Gasteiger partial charge in [-0.05, 0) is 48.0 Å². The summed E-state index contributed by atoms with van der Waals surface area (Å²) >= 11 is 6.83. The van der Waals surface area contributed by atoms with E-state index in [1.54, 1.807) is 6.08 Å². The van der Waals surface area contributed by atoms with Crippen LogP contribution in [-0.4, -0.2) is 16.0 Å². The molecule has 0 aliphatic carbocycles. The van der Waals surface area contributed by atoms with Crippen LogP contribution in [0.3, 0.4) is 0 Å². The molecule has 3 nitrogen and oxygen atoms in total. The van der Waals surface area contributed by atoms with E-state index in [0.29, 0.717) is 4.91 Å². The van der Waals surface area contributed by atoms with Gasteiger partial charge in [0.25, 0.3) is 11.1 Å². The minimum absolute atomic E-state index is 0.138. The van der Waals surface area contributed by atoms with E-state index in [2.05, 4.69) is 0 Å². The third kappa shape index (κ3) is 3.23. The Morgan fingerprint density at radius 1 is 1.17 bits per heavy atom. The molecule has 3 rings (SSSR count). The summed E-state index contributed by atoms with van der Waals surface area (Å²) in [4.78, 5) is 26.0. The highest BCUT2D eigenvalue weighted by molar-refractivity contribution is 8.18. The molecule has 1 aliphatic heterocycles. The van der Waals surface area contributed by atoms with Gasteiger partial charge in [0.2, 0.25) is 0 Å². The fourth-order valence-electron chi connectivity index (χ4n) is 2.37. The van der Waals surface area contributed by atoms with Crippen LogP contribution in [0.1, 0.15) is 16.7 Å². The van der Waals surface area contributed by atoms with Gasteiger partial charge in [0.15, 0.2) is 0 Å². The number of carbonyl (C=O) groups is 2. The first-order valence-corrected chi connectivity index (χ1v) is 8.40. The zero-order valence-electron chi connectivity index (χ0n) is 12.8. The highest BCUT2D eigenvalue weighted by Gasteiger charge is 2.35. The molecule has 0 bridgehead atoms. The highest BCUT2D eigenvalue weighted by Crippen LogP contribution is 2.34. The first-order valence-electron chi connectivity index (χ1n) is 7.21. The fourth-order valence-corrected chi connectivity index (χ4v) is 3.42. The van der Waals surface area contributed by atoms with Crippen molar-refractivity contribution in [2.24, 2.45) is 0 Å². The largest absolute Gasteiger partial charge is 0.293 e. The zero-order chi connectivity index (χ0) is 17.3. The summed E-state index contributed by atoms with van der Waals surface area (Å²) in [5, 5.41) is -0.240. The van der Waals surface area contributed by atoms with Crippen molar-refractivity contribution in [3.8, 4) is 0 Å². The zero-order valence-corrected chi connectivity index (χ0v) is 14.3. The van der Waals surface area contributed by atoms with Gasteiger partial charge in [0.05, 0.1) is 11.4 Å². The van der Waals surface area contributed by atoms with E-state index in [1.807, 2.05) is 31.2 Å². The van der Waals surface area contributed by atoms with Crippen molar-refractivity contribution in [3.05, 3.63) is 74.9 Å². The predicted molar refractivity (Wildman–Crippen MR) is 94.1 cm³/mol. The Morgan fingerprint density at radius 2 is 1.92 bits per heavy atom. The first-order chi connectivity index (χ1) is 11.5. The Kier molecular flexibility index (Phi) is 4.73. The lowest BCUT2D eigenvalue weighted by Gasteiger charge is -2.14. The average Bonchev–Trinajstić information content (AvgIpc) is 2.80. The van der Waals surface area contributed by atoms with E-state index in [1.165, 1.54) is 18.2 Å². The molecule has 2 aromatic carbocycles. The summed E-state index contributed by atoms with van der Waals surface area (Å²) in [5.41, 5.74) is 2.01. The monoisotopic (exact) mass is 361 g/mol. The van der Waals surface area contributed by atoms with Crippen molar-refractivity contribution in [2.75, 3.05) is 0 Å². The van der Waals surface area contributed by atoms with Gasteiger partial charge in [-0.2, -0.15) is 0 Å². The van der Waals surface area contributed by atoms with E-state index >= 15 is 0 Å². The summed E-state index contributed by atoms with van der Waals surface area (Å²) in [7, 11) is 0. The molecule has 0 N–H and O–H groups in total. The number of halogens is 2. The molecule has 0 aromatic heterocycles. The topological polar surface area (TPSA) is 37.4 Å². The number of hydrogen-bond acceptors (Lipinski definition) is 3. The van der Waals surface area contributed by atoms with E-state index in [-0.39, 0.29) is 17.1 Å². The third-order valence-corrected chi connectivity index (χ3v) is 4.99. The van der Waals surface area contributed by atoms with Gasteiger partial charge in [0, 0.05) is 10.6 Å². The maximum absolute atomic E-state index is 13.9. The lowest BCUT2D eigenvalue weighted by molar-refractivity contribution is -0.123. The van der Waals surface area contributed by atoms with Crippen LogP contribution in [0, 0.1) is 12.7 Å². The number of thioether (sulfide) groups is 1. The Morgan fingerprint density at radius 3 is 2.62 bits per heavy atom. The molecule has 6 heteroatoms. The molecule has 24 heavy (non-hydrogen) atoms. The predicted octanol–water partition coefficient (Wildman–Crippen LogP) is 5.02. The summed E-state index contributed by atoms with van der Waals surface area (Å²) < 4.78 is 13.9.